The summed E-state index contributed by atoms with van der Waals surface area (Å²) in [6.45, 7) is 3.80. The van der Waals surface area contributed by atoms with Crippen LogP contribution in [0.15, 0.2) is 42.7 Å². The Balaban J connectivity index is 2.05. The SMILES string of the molecule is CCNCc1cncc(Oc2ccc(OC)cc2)c1. The van der Waals surface area contributed by atoms with Crippen LogP contribution in [-0.4, -0.2) is 18.6 Å². The molecule has 0 amide bonds. The van der Waals surface area contributed by atoms with Crippen LogP contribution in [0.25, 0.3) is 0 Å². The van der Waals surface area contributed by atoms with E-state index in [4.69, 9.17) is 9.47 Å². The number of rotatable bonds is 6. The van der Waals surface area contributed by atoms with E-state index in [1.165, 1.54) is 0 Å². The van der Waals surface area contributed by atoms with Crippen LogP contribution in [0.3, 0.4) is 0 Å². The van der Waals surface area contributed by atoms with Gasteiger partial charge in [-0.15, -0.1) is 0 Å². The van der Waals surface area contributed by atoms with Gasteiger partial charge in [0, 0.05) is 12.7 Å². The van der Waals surface area contributed by atoms with Crippen molar-refractivity contribution in [2.75, 3.05) is 13.7 Å². The Labute approximate surface area is 113 Å². The average molecular weight is 258 g/mol. The molecular weight excluding hydrogens is 240 g/mol. The maximum atomic E-state index is 5.75. The molecule has 0 aliphatic rings. The van der Waals surface area contributed by atoms with Crippen LogP contribution in [0.4, 0.5) is 0 Å². The molecule has 0 aliphatic carbocycles. The third kappa shape index (κ3) is 3.96. The lowest BCUT2D eigenvalue weighted by atomic mass is 10.2. The maximum Gasteiger partial charge on any atom is 0.146 e. The summed E-state index contributed by atoms with van der Waals surface area (Å²) in [6.07, 6.45) is 3.54. The summed E-state index contributed by atoms with van der Waals surface area (Å²) >= 11 is 0. The number of nitrogens with zero attached hydrogens (tertiary/aromatic N) is 1. The van der Waals surface area contributed by atoms with Crippen LogP contribution in [0.2, 0.25) is 0 Å². The lowest BCUT2D eigenvalue weighted by Crippen LogP contribution is -2.11. The minimum Gasteiger partial charge on any atom is -0.497 e. The molecular formula is C15H18N2O2. The number of ether oxygens (including phenoxy) is 2. The van der Waals surface area contributed by atoms with Crippen molar-refractivity contribution in [3.63, 3.8) is 0 Å². The highest BCUT2D eigenvalue weighted by Gasteiger charge is 2.00. The second-order valence-electron chi connectivity index (χ2n) is 4.09. The fourth-order valence-electron chi connectivity index (χ4n) is 1.67. The average Bonchev–Trinajstić information content (AvgIpc) is 2.46. The van der Waals surface area contributed by atoms with Gasteiger partial charge in [0.1, 0.15) is 17.2 Å². The maximum absolute atomic E-state index is 5.75. The number of hydrogen-bond donors (Lipinski definition) is 1. The summed E-state index contributed by atoms with van der Waals surface area (Å²) in [5.74, 6) is 2.31. The summed E-state index contributed by atoms with van der Waals surface area (Å²) in [5, 5.41) is 3.26. The molecule has 1 heterocycles. The molecule has 0 radical (unpaired) electrons. The zero-order valence-corrected chi connectivity index (χ0v) is 11.2. The Bertz CT molecular complexity index is 512. The third-order valence-corrected chi connectivity index (χ3v) is 2.64. The van der Waals surface area contributed by atoms with Crippen LogP contribution < -0.4 is 14.8 Å². The summed E-state index contributed by atoms with van der Waals surface area (Å²) in [4.78, 5) is 4.18. The second-order valence-corrected chi connectivity index (χ2v) is 4.09. The van der Waals surface area contributed by atoms with Gasteiger partial charge >= 0.3 is 0 Å². The van der Waals surface area contributed by atoms with E-state index in [0.29, 0.717) is 0 Å². The van der Waals surface area contributed by atoms with E-state index in [0.717, 1.165) is 35.9 Å². The van der Waals surface area contributed by atoms with Crippen molar-refractivity contribution < 1.29 is 9.47 Å². The molecule has 100 valence electrons. The topological polar surface area (TPSA) is 43.4 Å². The summed E-state index contributed by atoms with van der Waals surface area (Å²) in [7, 11) is 1.64. The van der Waals surface area contributed by atoms with Crippen LogP contribution in [-0.2, 0) is 6.54 Å². The number of hydrogen-bond acceptors (Lipinski definition) is 4. The first-order chi connectivity index (χ1) is 9.31. The van der Waals surface area contributed by atoms with E-state index in [2.05, 4.69) is 17.2 Å². The lowest BCUT2D eigenvalue weighted by Gasteiger charge is -2.08. The fourth-order valence-corrected chi connectivity index (χ4v) is 1.67. The van der Waals surface area contributed by atoms with Crippen molar-refractivity contribution in [2.45, 2.75) is 13.5 Å². The molecule has 4 heteroatoms. The molecule has 0 fully saturated rings. The van der Waals surface area contributed by atoms with Gasteiger partial charge in [0.2, 0.25) is 0 Å². The number of pyridine rings is 1. The number of aromatic nitrogens is 1. The van der Waals surface area contributed by atoms with Crippen molar-refractivity contribution >= 4 is 0 Å². The van der Waals surface area contributed by atoms with E-state index in [-0.39, 0.29) is 0 Å². The zero-order valence-electron chi connectivity index (χ0n) is 11.2. The first-order valence-corrected chi connectivity index (χ1v) is 6.28. The Morgan fingerprint density at radius 3 is 2.47 bits per heavy atom. The summed E-state index contributed by atoms with van der Waals surface area (Å²) in [6, 6.07) is 9.46. The molecule has 0 saturated carbocycles. The molecule has 19 heavy (non-hydrogen) atoms. The van der Waals surface area contributed by atoms with Gasteiger partial charge in [0.25, 0.3) is 0 Å². The Morgan fingerprint density at radius 1 is 1.05 bits per heavy atom. The summed E-state index contributed by atoms with van der Waals surface area (Å²) in [5.41, 5.74) is 1.10. The molecule has 0 aliphatic heterocycles. The van der Waals surface area contributed by atoms with Gasteiger partial charge < -0.3 is 14.8 Å². The molecule has 2 aromatic rings. The predicted octanol–water partition coefficient (Wildman–Crippen LogP) is 2.99. The highest BCUT2D eigenvalue weighted by atomic mass is 16.5. The van der Waals surface area contributed by atoms with E-state index < -0.39 is 0 Å². The first kappa shape index (κ1) is 13.4. The molecule has 0 spiro atoms. The molecule has 0 saturated heterocycles. The highest BCUT2D eigenvalue weighted by molar-refractivity contribution is 5.35. The van der Waals surface area contributed by atoms with Gasteiger partial charge in [0.15, 0.2) is 0 Å². The molecule has 0 unspecified atom stereocenters. The molecule has 2 rings (SSSR count). The first-order valence-electron chi connectivity index (χ1n) is 6.28. The summed E-state index contributed by atoms with van der Waals surface area (Å²) < 4.78 is 10.9. The van der Waals surface area contributed by atoms with Crippen molar-refractivity contribution in [1.29, 1.82) is 0 Å². The minimum absolute atomic E-state index is 0.737. The normalized spacial score (nSPS) is 10.2. The standard InChI is InChI=1S/C15H18N2O2/c1-3-16-9-12-8-15(11-17-10-12)19-14-6-4-13(18-2)5-7-14/h4-8,10-11,16H,3,9H2,1-2H3. The number of methoxy groups -OCH3 is 1. The molecule has 1 aromatic heterocycles. The van der Waals surface area contributed by atoms with E-state index in [1.807, 2.05) is 36.5 Å². The van der Waals surface area contributed by atoms with Gasteiger partial charge in [0.05, 0.1) is 13.3 Å². The molecule has 1 aromatic carbocycles. The smallest absolute Gasteiger partial charge is 0.146 e. The lowest BCUT2D eigenvalue weighted by molar-refractivity contribution is 0.412. The monoisotopic (exact) mass is 258 g/mol. The molecule has 4 nitrogen and oxygen atoms in total. The fraction of sp³-hybridized carbons (Fsp3) is 0.267. The van der Waals surface area contributed by atoms with Gasteiger partial charge in [-0.05, 0) is 42.4 Å². The van der Waals surface area contributed by atoms with Crippen molar-refractivity contribution in [2.24, 2.45) is 0 Å². The van der Waals surface area contributed by atoms with Gasteiger partial charge in [-0.25, -0.2) is 0 Å². The van der Waals surface area contributed by atoms with Gasteiger partial charge in [-0.3, -0.25) is 4.98 Å². The van der Waals surface area contributed by atoms with Crippen molar-refractivity contribution in [3.05, 3.63) is 48.3 Å². The molecule has 1 N–H and O–H groups in total. The predicted molar refractivity (Wildman–Crippen MR) is 74.7 cm³/mol. The number of nitrogens with one attached hydrogen (secondary N) is 1. The van der Waals surface area contributed by atoms with Crippen LogP contribution >= 0.6 is 0 Å². The van der Waals surface area contributed by atoms with E-state index in [1.54, 1.807) is 13.3 Å². The van der Waals surface area contributed by atoms with Crippen LogP contribution in [0.5, 0.6) is 17.2 Å². The van der Waals surface area contributed by atoms with Gasteiger partial charge in [-0.1, -0.05) is 6.92 Å². The third-order valence-electron chi connectivity index (χ3n) is 2.64. The highest BCUT2D eigenvalue weighted by Crippen LogP contribution is 2.23. The zero-order chi connectivity index (χ0) is 13.5. The minimum atomic E-state index is 0.737. The van der Waals surface area contributed by atoms with Crippen molar-refractivity contribution in [1.82, 2.24) is 10.3 Å². The Hall–Kier alpha value is -2.07. The van der Waals surface area contributed by atoms with Crippen molar-refractivity contribution in [3.8, 4) is 17.2 Å². The van der Waals surface area contributed by atoms with Crippen LogP contribution in [0.1, 0.15) is 12.5 Å². The van der Waals surface area contributed by atoms with E-state index in [9.17, 15) is 0 Å². The molecule has 0 atom stereocenters. The largest absolute Gasteiger partial charge is 0.497 e. The number of benzene rings is 1. The molecule has 0 bridgehead atoms. The van der Waals surface area contributed by atoms with Crippen LogP contribution in [0, 0.1) is 0 Å². The Kier molecular flexibility index (Phi) is 4.75. The van der Waals surface area contributed by atoms with E-state index >= 15 is 0 Å². The quantitative estimate of drug-likeness (QED) is 0.865. The Morgan fingerprint density at radius 2 is 1.79 bits per heavy atom. The van der Waals surface area contributed by atoms with Gasteiger partial charge in [-0.2, -0.15) is 0 Å². The second kappa shape index (κ2) is 6.75.